The number of hydrogen-bond donors (Lipinski definition) is 0. The van der Waals surface area contributed by atoms with Gasteiger partial charge in [-0.05, 0) is 145 Å². The fourth-order valence-electron chi connectivity index (χ4n) is 10.9. The van der Waals surface area contributed by atoms with Crippen molar-refractivity contribution < 1.29 is 14.3 Å². The highest BCUT2D eigenvalue weighted by Crippen LogP contribution is 2.67. The molecule has 2 aromatic rings. The summed E-state index contributed by atoms with van der Waals surface area (Å²) < 4.78 is 11.6. The number of fused-ring (bicyclic) bond motifs is 5. The summed E-state index contributed by atoms with van der Waals surface area (Å²) in [5, 5.41) is 9.83. The summed E-state index contributed by atoms with van der Waals surface area (Å²) in [7, 11) is 4.01. The molecule has 0 amide bonds. The Morgan fingerprint density at radius 1 is 0.960 bits per heavy atom. The van der Waals surface area contributed by atoms with Crippen LogP contribution in [0.25, 0.3) is 11.6 Å². The number of ether oxygens (including phenoxy) is 2. The Bertz CT molecular complexity index is 1600. The highest BCUT2D eigenvalue weighted by molar-refractivity contribution is 5.89. The van der Waals surface area contributed by atoms with Crippen LogP contribution in [0.4, 0.5) is 10.5 Å². The van der Waals surface area contributed by atoms with Gasteiger partial charge in [0.25, 0.3) is 0 Å². The summed E-state index contributed by atoms with van der Waals surface area (Å²) >= 11 is 0. The zero-order valence-electron chi connectivity index (χ0n) is 31.7. The maximum Gasteiger partial charge on any atom is 0.514 e. The monoisotopic (exact) mass is 676 g/mol. The molecule has 5 heteroatoms. The Kier molecular flexibility index (Phi) is 10.9. The zero-order valence-corrected chi connectivity index (χ0v) is 31.7. The minimum atomic E-state index is -0.648. The first-order valence-corrected chi connectivity index (χ1v) is 19.5. The molecule has 8 atom stereocenters. The van der Waals surface area contributed by atoms with Crippen LogP contribution < -0.4 is 9.64 Å². The van der Waals surface area contributed by atoms with Crippen molar-refractivity contribution in [3.63, 3.8) is 0 Å². The van der Waals surface area contributed by atoms with Crippen molar-refractivity contribution in [2.24, 2.45) is 46.3 Å². The van der Waals surface area contributed by atoms with Crippen LogP contribution in [-0.2, 0) is 4.74 Å². The Labute approximate surface area is 302 Å². The Morgan fingerprint density at radius 3 is 2.38 bits per heavy atom. The lowest BCUT2D eigenvalue weighted by Crippen LogP contribution is -2.51. The number of hydrogen-bond acceptors (Lipinski definition) is 5. The van der Waals surface area contributed by atoms with E-state index >= 15 is 0 Å². The van der Waals surface area contributed by atoms with Crippen LogP contribution in [0.5, 0.6) is 5.75 Å². The summed E-state index contributed by atoms with van der Waals surface area (Å²) in [6.07, 6.45) is 17.3. The molecular weight excluding hydrogens is 617 g/mol. The average Bonchev–Trinajstić information content (AvgIpc) is 3.45. The molecule has 268 valence electrons. The zero-order chi connectivity index (χ0) is 35.6. The third kappa shape index (κ3) is 7.42. The van der Waals surface area contributed by atoms with E-state index in [1.165, 1.54) is 56.9 Å². The van der Waals surface area contributed by atoms with Crippen LogP contribution in [0.2, 0.25) is 0 Å². The second-order valence-corrected chi connectivity index (χ2v) is 17.3. The molecule has 0 heterocycles. The molecule has 50 heavy (non-hydrogen) atoms. The van der Waals surface area contributed by atoms with Crippen molar-refractivity contribution in [3.05, 3.63) is 71.3 Å². The summed E-state index contributed by atoms with van der Waals surface area (Å²) in [5.41, 5.74) is 5.60. The maximum absolute atomic E-state index is 13.0. The third-order valence-corrected chi connectivity index (χ3v) is 13.7. The van der Waals surface area contributed by atoms with Gasteiger partial charge in [-0.25, -0.2) is 4.79 Å². The standard InChI is InChI=1S/C45H60N2O3/c1-30(2)9-8-10-31(3)40-21-22-41-39-20-15-35-28-38(23-25-44(35,4)42(39)24-26-45(40,41)5)50-43(48)49-37-18-13-33(14-19-37)34(29-46)27-32-11-16-36(17-12-32)47(6)7/h11-19,27,30-31,38-42H,8-10,20-26,28H2,1-7H3/b34-27-/t31-,38?,39+,40-,41+,42+,44+,45-/m1/s1. The molecule has 0 spiro atoms. The Hall–Kier alpha value is -3.52. The van der Waals surface area contributed by atoms with Gasteiger partial charge in [0.2, 0.25) is 0 Å². The van der Waals surface area contributed by atoms with Crippen molar-refractivity contribution in [2.45, 2.75) is 111 Å². The van der Waals surface area contributed by atoms with Crippen LogP contribution in [0.1, 0.15) is 116 Å². The quantitative estimate of drug-likeness (QED) is 0.0824. The van der Waals surface area contributed by atoms with E-state index < -0.39 is 6.16 Å². The normalized spacial score (nSPS) is 31.1. The highest BCUT2D eigenvalue weighted by Gasteiger charge is 2.59. The number of rotatable bonds is 10. The van der Waals surface area contributed by atoms with Gasteiger partial charge >= 0.3 is 6.16 Å². The molecule has 1 unspecified atom stereocenters. The molecule has 3 saturated carbocycles. The van der Waals surface area contributed by atoms with Crippen molar-refractivity contribution in [1.82, 2.24) is 0 Å². The van der Waals surface area contributed by atoms with Crippen LogP contribution in [-0.4, -0.2) is 26.4 Å². The van der Waals surface area contributed by atoms with E-state index in [0.29, 0.717) is 16.7 Å². The highest BCUT2D eigenvalue weighted by atomic mass is 16.7. The molecule has 0 aromatic heterocycles. The average molecular weight is 677 g/mol. The van der Waals surface area contributed by atoms with Gasteiger partial charge < -0.3 is 14.4 Å². The van der Waals surface area contributed by atoms with E-state index in [1.807, 2.05) is 61.5 Å². The molecule has 0 bridgehead atoms. The minimum Gasteiger partial charge on any atom is -0.430 e. The lowest BCUT2D eigenvalue weighted by Gasteiger charge is -2.58. The van der Waals surface area contributed by atoms with Gasteiger partial charge in [0.1, 0.15) is 11.9 Å². The van der Waals surface area contributed by atoms with Crippen LogP contribution in [0.3, 0.4) is 0 Å². The third-order valence-electron chi connectivity index (χ3n) is 13.7. The first-order valence-electron chi connectivity index (χ1n) is 19.5. The maximum atomic E-state index is 13.0. The van der Waals surface area contributed by atoms with E-state index in [1.54, 1.807) is 12.1 Å². The lowest BCUT2D eigenvalue weighted by molar-refractivity contribution is -0.0597. The van der Waals surface area contributed by atoms with Crippen molar-refractivity contribution in [1.29, 1.82) is 5.26 Å². The largest absolute Gasteiger partial charge is 0.514 e. The SMILES string of the molecule is CC(C)CCC[C@@H](C)[C@H]1CC[C@H]2[C@@H]3CC=C4CC(OC(=O)Oc5ccc(/C(C#N)=C\c6ccc(N(C)C)cc6)cc5)CC[C@]4(C)[C@H]3CC[C@]12C. The molecule has 3 fully saturated rings. The van der Waals surface area contributed by atoms with Gasteiger partial charge in [0, 0.05) is 26.2 Å². The second-order valence-electron chi connectivity index (χ2n) is 17.3. The number of nitrogens with zero attached hydrogens (tertiary/aromatic N) is 2. The first kappa shape index (κ1) is 36.3. The van der Waals surface area contributed by atoms with Gasteiger partial charge in [0.05, 0.1) is 11.6 Å². The van der Waals surface area contributed by atoms with Gasteiger partial charge in [0.15, 0.2) is 0 Å². The topological polar surface area (TPSA) is 62.6 Å². The van der Waals surface area contributed by atoms with E-state index in [9.17, 15) is 10.1 Å². The second kappa shape index (κ2) is 15.0. The fraction of sp³-hybridized carbons (Fsp3) is 0.600. The van der Waals surface area contributed by atoms with Gasteiger partial charge in [-0.3, -0.25) is 0 Å². The van der Waals surface area contributed by atoms with Crippen LogP contribution in [0.15, 0.2) is 60.2 Å². The molecule has 0 N–H and O–H groups in total. The molecular formula is C45H60N2O3. The van der Waals surface area contributed by atoms with Gasteiger partial charge in [-0.1, -0.05) is 77.7 Å². The van der Waals surface area contributed by atoms with Crippen LogP contribution in [0, 0.1) is 57.7 Å². The Balaban J connectivity index is 1.04. The number of anilines is 1. The summed E-state index contributed by atoms with van der Waals surface area (Å²) in [4.78, 5) is 15.0. The molecule has 0 radical (unpaired) electrons. The predicted octanol–water partition coefficient (Wildman–Crippen LogP) is 11.7. The predicted molar refractivity (Wildman–Crippen MR) is 205 cm³/mol. The number of carbonyl (C=O) groups excluding carboxylic acids is 1. The number of benzene rings is 2. The smallest absolute Gasteiger partial charge is 0.430 e. The lowest BCUT2D eigenvalue weighted by atomic mass is 9.47. The number of carbonyl (C=O) groups is 1. The number of nitriles is 1. The minimum absolute atomic E-state index is 0.152. The molecule has 2 aromatic carbocycles. The molecule has 4 aliphatic carbocycles. The fourth-order valence-corrected chi connectivity index (χ4v) is 10.9. The van der Waals surface area contributed by atoms with Gasteiger partial charge in [-0.2, -0.15) is 5.26 Å². The van der Waals surface area contributed by atoms with E-state index in [-0.39, 0.29) is 11.5 Å². The van der Waals surface area contributed by atoms with Crippen LogP contribution >= 0.6 is 0 Å². The Morgan fingerprint density at radius 2 is 1.70 bits per heavy atom. The molecule has 4 aliphatic rings. The van der Waals surface area contributed by atoms with E-state index in [0.717, 1.165) is 71.6 Å². The van der Waals surface area contributed by atoms with E-state index in [4.69, 9.17) is 9.47 Å². The summed E-state index contributed by atoms with van der Waals surface area (Å²) in [6.45, 7) is 12.5. The molecule has 0 saturated heterocycles. The summed E-state index contributed by atoms with van der Waals surface area (Å²) in [5.74, 6) is 5.32. The molecule has 5 nitrogen and oxygen atoms in total. The van der Waals surface area contributed by atoms with E-state index in [2.05, 4.69) is 46.8 Å². The van der Waals surface area contributed by atoms with Crippen molar-refractivity contribution >= 4 is 23.5 Å². The molecule has 0 aliphatic heterocycles. The molecule has 6 rings (SSSR count). The number of allylic oxidation sites excluding steroid dienone is 2. The first-order chi connectivity index (χ1) is 23.9. The van der Waals surface area contributed by atoms with Gasteiger partial charge in [-0.15, -0.1) is 0 Å². The summed E-state index contributed by atoms with van der Waals surface area (Å²) in [6, 6.07) is 17.5. The van der Waals surface area contributed by atoms with Crippen molar-refractivity contribution in [2.75, 3.05) is 19.0 Å². The van der Waals surface area contributed by atoms with Crippen molar-refractivity contribution in [3.8, 4) is 11.8 Å².